The van der Waals surface area contributed by atoms with Crippen molar-refractivity contribution in [1.82, 2.24) is 15.2 Å². The molecule has 1 aliphatic rings. The number of halogens is 1. The predicted molar refractivity (Wildman–Crippen MR) is 88.7 cm³/mol. The molecule has 1 aliphatic heterocycles. The monoisotopic (exact) mass is 345 g/mol. The molecule has 2 amide bonds. The molecule has 0 unspecified atom stereocenters. The summed E-state index contributed by atoms with van der Waals surface area (Å²) in [5.41, 5.74) is 0.984. The second kappa shape index (κ2) is 7.04. The number of nitrogens with one attached hydrogen (secondary N) is 1. The lowest BCUT2D eigenvalue weighted by Gasteiger charge is -2.13. The van der Waals surface area contributed by atoms with Crippen LogP contribution in [0.25, 0.3) is 0 Å². The number of oxazole rings is 1. The number of carbonyl (C=O) groups excluding carboxylic acids is 2. The van der Waals surface area contributed by atoms with Gasteiger partial charge in [0.05, 0.1) is 6.54 Å². The fourth-order valence-corrected chi connectivity index (χ4v) is 2.79. The standard InChI is InChI=1S/C18H20FN3O3/c1-11-5-6-13(9-14(11)19)17(23)20-10-15-21-16(12(2)25-15)18(24)22-7-3-4-8-22/h5-6,9H,3-4,7-8,10H2,1-2H3,(H,20,23). The number of amides is 2. The van der Waals surface area contributed by atoms with E-state index in [0.29, 0.717) is 11.3 Å². The van der Waals surface area contributed by atoms with Crippen LogP contribution in [0.2, 0.25) is 0 Å². The zero-order valence-electron chi connectivity index (χ0n) is 14.3. The lowest BCUT2D eigenvalue weighted by molar-refractivity contribution is 0.0785. The first-order valence-electron chi connectivity index (χ1n) is 8.25. The molecule has 0 saturated carbocycles. The van der Waals surface area contributed by atoms with Crippen molar-refractivity contribution in [3.8, 4) is 0 Å². The minimum atomic E-state index is -0.432. The molecule has 1 aromatic carbocycles. The summed E-state index contributed by atoms with van der Waals surface area (Å²) in [5.74, 6) is -0.319. The van der Waals surface area contributed by atoms with Gasteiger partial charge in [0.25, 0.3) is 11.8 Å². The van der Waals surface area contributed by atoms with E-state index >= 15 is 0 Å². The van der Waals surface area contributed by atoms with Crippen molar-refractivity contribution >= 4 is 11.8 Å². The van der Waals surface area contributed by atoms with E-state index in [1.165, 1.54) is 6.07 Å². The van der Waals surface area contributed by atoms with Gasteiger partial charge in [-0.05, 0) is 44.4 Å². The Bertz CT molecular complexity index is 810. The highest BCUT2D eigenvalue weighted by molar-refractivity contribution is 5.94. The molecule has 0 aliphatic carbocycles. The van der Waals surface area contributed by atoms with Crippen molar-refractivity contribution in [2.24, 2.45) is 0 Å². The molecule has 1 fully saturated rings. The van der Waals surface area contributed by atoms with Gasteiger partial charge >= 0.3 is 0 Å². The predicted octanol–water partition coefficient (Wildman–Crippen LogP) is 2.60. The number of aryl methyl sites for hydroxylation is 2. The number of rotatable bonds is 4. The Labute approximate surface area is 145 Å². The molecule has 0 spiro atoms. The Morgan fingerprint density at radius 3 is 2.68 bits per heavy atom. The quantitative estimate of drug-likeness (QED) is 0.924. The van der Waals surface area contributed by atoms with E-state index in [2.05, 4.69) is 10.3 Å². The lowest BCUT2D eigenvalue weighted by atomic mass is 10.1. The van der Waals surface area contributed by atoms with E-state index in [4.69, 9.17) is 4.42 Å². The molecule has 2 aromatic rings. The van der Waals surface area contributed by atoms with E-state index in [9.17, 15) is 14.0 Å². The molecular weight excluding hydrogens is 325 g/mol. The zero-order valence-corrected chi connectivity index (χ0v) is 14.3. The summed E-state index contributed by atoms with van der Waals surface area (Å²) in [4.78, 5) is 30.4. The van der Waals surface area contributed by atoms with Crippen LogP contribution in [0.5, 0.6) is 0 Å². The van der Waals surface area contributed by atoms with Crippen LogP contribution in [-0.4, -0.2) is 34.8 Å². The van der Waals surface area contributed by atoms with Crippen molar-refractivity contribution in [3.63, 3.8) is 0 Å². The van der Waals surface area contributed by atoms with Crippen LogP contribution in [0.15, 0.2) is 22.6 Å². The number of hydrogen-bond acceptors (Lipinski definition) is 4. The molecule has 0 bridgehead atoms. The third-order valence-electron chi connectivity index (χ3n) is 4.27. The third kappa shape index (κ3) is 3.70. The molecule has 3 rings (SSSR count). The zero-order chi connectivity index (χ0) is 18.0. The van der Waals surface area contributed by atoms with Crippen LogP contribution in [0, 0.1) is 19.7 Å². The fourth-order valence-electron chi connectivity index (χ4n) is 2.79. The lowest BCUT2D eigenvalue weighted by Crippen LogP contribution is -2.28. The summed E-state index contributed by atoms with van der Waals surface area (Å²) in [7, 11) is 0. The average Bonchev–Trinajstić information content (AvgIpc) is 3.24. The first-order chi connectivity index (χ1) is 12.0. The molecule has 6 nitrogen and oxygen atoms in total. The van der Waals surface area contributed by atoms with Gasteiger partial charge in [0.15, 0.2) is 5.69 Å². The van der Waals surface area contributed by atoms with Gasteiger partial charge < -0.3 is 14.6 Å². The molecule has 2 heterocycles. The summed E-state index contributed by atoms with van der Waals surface area (Å²) in [5, 5.41) is 2.62. The summed E-state index contributed by atoms with van der Waals surface area (Å²) in [6.07, 6.45) is 2.00. The maximum atomic E-state index is 13.5. The molecule has 1 N–H and O–H groups in total. The fraction of sp³-hybridized carbons (Fsp3) is 0.389. The van der Waals surface area contributed by atoms with E-state index < -0.39 is 11.7 Å². The van der Waals surface area contributed by atoms with Crippen molar-refractivity contribution in [2.45, 2.75) is 33.2 Å². The van der Waals surface area contributed by atoms with Gasteiger partial charge in [0.2, 0.25) is 5.89 Å². The highest BCUT2D eigenvalue weighted by Crippen LogP contribution is 2.16. The molecule has 1 aromatic heterocycles. The van der Waals surface area contributed by atoms with E-state index in [1.54, 1.807) is 30.9 Å². The highest BCUT2D eigenvalue weighted by atomic mass is 19.1. The van der Waals surface area contributed by atoms with Gasteiger partial charge in [0, 0.05) is 18.7 Å². The van der Waals surface area contributed by atoms with E-state index in [0.717, 1.165) is 25.9 Å². The molecule has 0 atom stereocenters. The number of benzene rings is 1. The minimum absolute atomic E-state index is 0.0302. The van der Waals surface area contributed by atoms with Gasteiger partial charge in [-0.1, -0.05) is 6.07 Å². The average molecular weight is 345 g/mol. The van der Waals surface area contributed by atoms with Crippen LogP contribution < -0.4 is 5.32 Å². The molecule has 132 valence electrons. The first kappa shape index (κ1) is 17.1. The molecule has 0 radical (unpaired) electrons. The van der Waals surface area contributed by atoms with Gasteiger partial charge in [-0.15, -0.1) is 0 Å². The molecular formula is C18H20FN3O3. The summed E-state index contributed by atoms with van der Waals surface area (Å²) >= 11 is 0. The normalized spacial score (nSPS) is 14.0. The molecule has 7 heteroatoms. The Balaban J connectivity index is 1.65. The van der Waals surface area contributed by atoms with E-state index in [-0.39, 0.29) is 29.6 Å². The maximum Gasteiger partial charge on any atom is 0.276 e. The first-order valence-corrected chi connectivity index (χ1v) is 8.25. The Morgan fingerprint density at radius 2 is 2.00 bits per heavy atom. The Kier molecular flexibility index (Phi) is 4.83. The molecule has 1 saturated heterocycles. The maximum absolute atomic E-state index is 13.5. The van der Waals surface area contributed by atoms with Crippen LogP contribution in [-0.2, 0) is 6.54 Å². The Morgan fingerprint density at radius 1 is 1.28 bits per heavy atom. The second-order valence-corrected chi connectivity index (χ2v) is 6.16. The number of nitrogens with zero attached hydrogens (tertiary/aromatic N) is 2. The van der Waals surface area contributed by atoms with Crippen molar-refractivity contribution < 1.29 is 18.4 Å². The van der Waals surface area contributed by atoms with Gasteiger partial charge in [0.1, 0.15) is 11.6 Å². The van der Waals surface area contributed by atoms with Crippen molar-refractivity contribution in [1.29, 1.82) is 0 Å². The van der Waals surface area contributed by atoms with Crippen LogP contribution >= 0.6 is 0 Å². The summed E-state index contributed by atoms with van der Waals surface area (Å²) in [6.45, 7) is 4.80. The largest absolute Gasteiger partial charge is 0.443 e. The van der Waals surface area contributed by atoms with Crippen molar-refractivity contribution in [2.75, 3.05) is 13.1 Å². The van der Waals surface area contributed by atoms with Crippen LogP contribution in [0.3, 0.4) is 0 Å². The number of carbonyl (C=O) groups is 2. The SMILES string of the molecule is Cc1ccc(C(=O)NCc2nc(C(=O)N3CCCC3)c(C)o2)cc1F. The number of aromatic nitrogens is 1. The van der Waals surface area contributed by atoms with Crippen LogP contribution in [0.1, 0.15) is 50.9 Å². The van der Waals surface area contributed by atoms with Gasteiger partial charge in [-0.3, -0.25) is 9.59 Å². The van der Waals surface area contributed by atoms with Gasteiger partial charge in [-0.25, -0.2) is 9.37 Å². The van der Waals surface area contributed by atoms with Gasteiger partial charge in [-0.2, -0.15) is 0 Å². The number of likely N-dealkylation sites (tertiary alicyclic amines) is 1. The summed E-state index contributed by atoms with van der Waals surface area (Å²) < 4.78 is 19.0. The minimum Gasteiger partial charge on any atom is -0.443 e. The van der Waals surface area contributed by atoms with Crippen LogP contribution in [0.4, 0.5) is 4.39 Å². The van der Waals surface area contributed by atoms with Crippen molar-refractivity contribution in [3.05, 3.63) is 52.5 Å². The number of hydrogen-bond donors (Lipinski definition) is 1. The molecule has 25 heavy (non-hydrogen) atoms. The topological polar surface area (TPSA) is 75.4 Å². The summed E-state index contributed by atoms with van der Waals surface area (Å²) in [6, 6.07) is 4.29. The second-order valence-electron chi connectivity index (χ2n) is 6.16. The highest BCUT2D eigenvalue weighted by Gasteiger charge is 2.25. The Hall–Kier alpha value is -2.70. The smallest absolute Gasteiger partial charge is 0.276 e. The van der Waals surface area contributed by atoms with E-state index in [1.807, 2.05) is 0 Å². The third-order valence-corrected chi connectivity index (χ3v) is 4.27.